The lowest BCUT2D eigenvalue weighted by atomic mass is 10.0. The van der Waals surface area contributed by atoms with Gasteiger partial charge in [0, 0.05) is 17.4 Å². The lowest BCUT2D eigenvalue weighted by Gasteiger charge is -2.12. The smallest absolute Gasteiger partial charge is 0.216 e. The molecular formula is C15H17N5O. The number of H-pyrrole nitrogens is 2. The average molecular weight is 283 g/mol. The Morgan fingerprint density at radius 3 is 2.90 bits per heavy atom. The molecule has 3 rings (SSSR count). The van der Waals surface area contributed by atoms with Crippen molar-refractivity contribution in [3.05, 3.63) is 48.2 Å². The molecule has 2 heterocycles. The van der Waals surface area contributed by atoms with Gasteiger partial charge in [-0.2, -0.15) is 5.10 Å². The van der Waals surface area contributed by atoms with E-state index in [1.807, 2.05) is 0 Å². The maximum Gasteiger partial charge on any atom is 0.216 e. The van der Waals surface area contributed by atoms with Crippen LogP contribution in [0.5, 0.6) is 5.88 Å². The molecule has 0 spiro atoms. The van der Waals surface area contributed by atoms with E-state index in [1.165, 1.54) is 5.56 Å². The predicted molar refractivity (Wildman–Crippen MR) is 81.2 cm³/mol. The number of benzene rings is 1. The summed E-state index contributed by atoms with van der Waals surface area (Å²) in [6, 6.07) is 6.25. The summed E-state index contributed by atoms with van der Waals surface area (Å²) < 4.78 is 5.31. The second-order valence-electron chi connectivity index (χ2n) is 4.80. The standard InChI is InChI=1S/C15H17N5O/c1-10-3-4-12(13-8-19-20-15(13)21-2)14(5-10)17-7-11-6-16-9-18-11/h3-6,8-9,17H,7H2,1-2H3,(H,16,18)(H,19,20). The molecule has 0 saturated carbocycles. The van der Waals surface area contributed by atoms with Gasteiger partial charge >= 0.3 is 0 Å². The number of hydrogen-bond acceptors (Lipinski definition) is 4. The molecule has 0 amide bonds. The monoisotopic (exact) mass is 283 g/mol. The first-order chi connectivity index (χ1) is 10.3. The van der Waals surface area contributed by atoms with E-state index >= 15 is 0 Å². The van der Waals surface area contributed by atoms with Crippen LogP contribution in [0.15, 0.2) is 36.9 Å². The van der Waals surface area contributed by atoms with Crippen molar-refractivity contribution in [3.8, 4) is 17.0 Å². The second-order valence-corrected chi connectivity index (χ2v) is 4.80. The van der Waals surface area contributed by atoms with Gasteiger partial charge in [-0.3, -0.25) is 0 Å². The lowest BCUT2D eigenvalue weighted by molar-refractivity contribution is 0.398. The van der Waals surface area contributed by atoms with Gasteiger partial charge < -0.3 is 15.0 Å². The van der Waals surface area contributed by atoms with Crippen molar-refractivity contribution in [2.45, 2.75) is 13.5 Å². The van der Waals surface area contributed by atoms with Crippen molar-refractivity contribution >= 4 is 5.69 Å². The highest BCUT2D eigenvalue weighted by molar-refractivity contribution is 5.80. The number of rotatable bonds is 5. The summed E-state index contributed by atoms with van der Waals surface area (Å²) in [5.74, 6) is 0.656. The summed E-state index contributed by atoms with van der Waals surface area (Å²) in [6.45, 7) is 2.74. The third-order valence-corrected chi connectivity index (χ3v) is 3.30. The fourth-order valence-corrected chi connectivity index (χ4v) is 2.23. The number of methoxy groups -OCH3 is 1. The second kappa shape index (κ2) is 5.70. The Kier molecular flexibility index (Phi) is 3.59. The number of hydrogen-bond donors (Lipinski definition) is 3. The molecule has 0 aliphatic heterocycles. The SMILES string of the molecule is COc1[nH]ncc1-c1ccc(C)cc1NCc1cnc[nH]1. The minimum absolute atomic E-state index is 0.656. The van der Waals surface area contributed by atoms with Crippen LogP contribution in [0, 0.1) is 6.92 Å². The van der Waals surface area contributed by atoms with E-state index in [0.29, 0.717) is 12.4 Å². The third kappa shape index (κ3) is 2.74. The zero-order valence-electron chi connectivity index (χ0n) is 12.0. The van der Waals surface area contributed by atoms with Gasteiger partial charge in [0.2, 0.25) is 5.88 Å². The van der Waals surface area contributed by atoms with Crippen LogP contribution in [-0.2, 0) is 6.54 Å². The number of imidazole rings is 1. The zero-order chi connectivity index (χ0) is 14.7. The van der Waals surface area contributed by atoms with Crippen molar-refractivity contribution in [1.29, 1.82) is 0 Å². The van der Waals surface area contributed by atoms with Crippen molar-refractivity contribution in [3.63, 3.8) is 0 Å². The molecule has 0 bridgehead atoms. The van der Waals surface area contributed by atoms with E-state index in [0.717, 1.165) is 22.5 Å². The van der Waals surface area contributed by atoms with Crippen LogP contribution in [-0.4, -0.2) is 27.3 Å². The molecule has 108 valence electrons. The van der Waals surface area contributed by atoms with Crippen molar-refractivity contribution in [2.24, 2.45) is 0 Å². The first-order valence-corrected chi connectivity index (χ1v) is 6.67. The van der Waals surface area contributed by atoms with Crippen LogP contribution < -0.4 is 10.1 Å². The van der Waals surface area contributed by atoms with E-state index in [4.69, 9.17) is 4.74 Å². The normalized spacial score (nSPS) is 10.6. The number of anilines is 1. The van der Waals surface area contributed by atoms with E-state index < -0.39 is 0 Å². The largest absolute Gasteiger partial charge is 0.481 e. The van der Waals surface area contributed by atoms with Crippen LogP contribution in [0.4, 0.5) is 5.69 Å². The van der Waals surface area contributed by atoms with Gasteiger partial charge in [-0.25, -0.2) is 10.1 Å². The third-order valence-electron chi connectivity index (χ3n) is 3.30. The molecule has 6 heteroatoms. The Bertz CT molecular complexity index is 718. The molecule has 2 aromatic heterocycles. The van der Waals surface area contributed by atoms with E-state index in [9.17, 15) is 0 Å². The quantitative estimate of drug-likeness (QED) is 0.672. The number of nitrogens with zero attached hydrogens (tertiary/aromatic N) is 2. The molecule has 0 atom stereocenters. The fourth-order valence-electron chi connectivity index (χ4n) is 2.23. The summed E-state index contributed by atoms with van der Waals surface area (Å²) in [5.41, 5.74) is 5.23. The molecule has 0 unspecified atom stereocenters. The Labute approximate surface area is 122 Å². The summed E-state index contributed by atoms with van der Waals surface area (Å²) >= 11 is 0. The maximum absolute atomic E-state index is 5.31. The van der Waals surface area contributed by atoms with Crippen molar-refractivity contribution in [2.75, 3.05) is 12.4 Å². The van der Waals surface area contributed by atoms with E-state index in [2.05, 4.69) is 50.6 Å². The number of aromatic amines is 2. The summed E-state index contributed by atoms with van der Waals surface area (Å²) in [5, 5.41) is 10.3. The highest BCUT2D eigenvalue weighted by Crippen LogP contribution is 2.34. The van der Waals surface area contributed by atoms with Crippen LogP contribution in [0.3, 0.4) is 0 Å². The first kappa shape index (κ1) is 13.2. The number of aromatic nitrogens is 4. The molecular weight excluding hydrogens is 266 g/mol. The molecule has 21 heavy (non-hydrogen) atoms. The molecule has 3 aromatic rings. The van der Waals surface area contributed by atoms with Gasteiger partial charge in [-0.1, -0.05) is 12.1 Å². The van der Waals surface area contributed by atoms with Gasteiger partial charge in [0.1, 0.15) is 0 Å². The molecule has 0 aliphatic rings. The lowest BCUT2D eigenvalue weighted by Crippen LogP contribution is -2.01. The molecule has 3 N–H and O–H groups in total. The minimum atomic E-state index is 0.656. The molecule has 0 radical (unpaired) electrons. The van der Waals surface area contributed by atoms with Gasteiger partial charge in [-0.05, 0) is 18.6 Å². The molecule has 1 aromatic carbocycles. The summed E-state index contributed by atoms with van der Waals surface area (Å²) in [6.07, 6.45) is 5.25. The maximum atomic E-state index is 5.31. The molecule has 6 nitrogen and oxygen atoms in total. The van der Waals surface area contributed by atoms with Gasteiger partial charge in [-0.15, -0.1) is 0 Å². The van der Waals surface area contributed by atoms with Crippen LogP contribution in [0.1, 0.15) is 11.3 Å². The Hall–Kier alpha value is -2.76. The van der Waals surface area contributed by atoms with Crippen LogP contribution in [0.25, 0.3) is 11.1 Å². The average Bonchev–Trinajstić information content (AvgIpc) is 3.16. The zero-order valence-corrected chi connectivity index (χ0v) is 12.0. The molecule has 0 aliphatic carbocycles. The van der Waals surface area contributed by atoms with Gasteiger partial charge in [0.25, 0.3) is 0 Å². The fraction of sp³-hybridized carbons (Fsp3) is 0.200. The number of ether oxygens (including phenoxy) is 1. The number of nitrogens with one attached hydrogen (secondary N) is 3. The van der Waals surface area contributed by atoms with Crippen molar-refractivity contribution in [1.82, 2.24) is 20.2 Å². The Morgan fingerprint density at radius 1 is 1.24 bits per heavy atom. The topological polar surface area (TPSA) is 78.6 Å². The van der Waals surface area contributed by atoms with Crippen LogP contribution >= 0.6 is 0 Å². The van der Waals surface area contributed by atoms with Gasteiger partial charge in [0.05, 0.1) is 37.4 Å². The van der Waals surface area contributed by atoms with E-state index in [-0.39, 0.29) is 0 Å². The van der Waals surface area contributed by atoms with Gasteiger partial charge in [0.15, 0.2) is 0 Å². The number of aryl methyl sites for hydroxylation is 1. The highest BCUT2D eigenvalue weighted by Gasteiger charge is 2.12. The summed E-state index contributed by atoms with van der Waals surface area (Å²) in [7, 11) is 1.63. The molecule has 0 saturated heterocycles. The molecule has 0 fully saturated rings. The van der Waals surface area contributed by atoms with Crippen LogP contribution in [0.2, 0.25) is 0 Å². The Balaban J connectivity index is 1.93. The van der Waals surface area contributed by atoms with E-state index in [1.54, 1.807) is 25.8 Å². The minimum Gasteiger partial charge on any atom is -0.481 e. The summed E-state index contributed by atoms with van der Waals surface area (Å²) in [4.78, 5) is 7.10. The Morgan fingerprint density at radius 2 is 2.14 bits per heavy atom. The highest BCUT2D eigenvalue weighted by atomic mass is 16.5. The van der Waals surface area contributed by atoms with Crippen molar-refractivity contribution < 1.29 is 4.74 Å². The first-order valence-electron chi connectivity index (χ1n) is 6.67. The predicted octanol–water partition coefficient (Wildman–Crippen LogP) is 2.73.